The van der Waals surface area contributed by atoms with Crippen molar-refractivity contribution in [1.82, 2.24) is 10.2 Å². The summed E-state index contributed by atoms with van der Waals surface area (Å²) in [5.41, 5.74) is 1.74. The normalized spacial score (nSPS) is 11.8. The van der Waals surface area contributed by atoms with E-state index in [1.165, 1.54) is 6.92 Å². The van der Waals surface area contributed by atoms with Crippen LogP contribution < -0.4 is 10.1 Å². The summed E-state index contributed by atoms with van der Waals surface area (Å²) in [6.45, 7) is 6.67. The van der Waals surface area contributed by atoms with Crippen LogP contribution in [0.2, 0.25) is 0 Å². The van der Waals surface area contributed by atoms with Crippen molar-refractivity contribution in [2.24, 2.45) is 5.92 Å². The number of nitrogens with one attached hydrogen (secondary N) is 1. The summed E-state index contributed by atoms with van der Waals surface area (Å²) in [4.78, 5) is 27.1. The zero-order valence-electron chi connectivity index (χ0n) is 17.1. The van der Waals surface area contributed by atoms with Crippen molar-refractivity contribution >= 4 is 11.8 Å². The number of amides is 2. The van der Waals surface area contributed by atoms with Crippen LogP contribution in [0.15, 0.2) is 54.6 Å². The summed E-state index contributed by atoms with van der Waals surface area (Å²) >= 11 is 0. The Kier molecular flexibility index (Phi) is 8.05. The zero-order chi connectivity index (χ0) is 20.5. The minimum atomic E-state index is -0.673. The average Bonchev–Trinajstić information content (AvgIpc) is 2.68. The first-order valence-electron chi connectivity index (χ1n) is 9.65. The van der Waals surface area contributed by atoms with Gasteiger partial charge in [0.15, 0.2) is 0 Å². The Bertz CT molecular complexity index is 757. The van der Waals surface area contributed by atoms with E-state index in [-0.39, 0.29) is 11.8 Å². The minimum absolute atomic E-state index is 0.149. The molecule has 0 radical (unpaired) electrons. The largest absolute Gasteiger partial charge is 0.497 e. The predicted octanol–water partition coefficient (Wildman–Crippen LogP) is 3.95. The van der Waals surface area contributed by atoms with Crippen molar-refractivity contribution in [1.29, 1.82) is 0 Å². The van der Waals surface area contributed by atoms with Crippen LogP contribution in [-0.4, -0.2) is 30.4 Å². The molecule has 2 amide bonds. The second kappa shape index (κ2) is 10.5. The van der Waals surface area contributed by atoms with E-state index in [0.717, 1.165) is 23.3 Å². The smallest absolute Gasteiger partial charge is 0.247 e. The third-order valence-electron chi connectivity index (χ3n) is 4.61. The van der Waals surface area contributed by atoms with Crippen molar-refractivity contribution in [3.63, 3.8) is 0 Å². The zero-order valence-corrected chi connectivity index (χ0v) is 17.1. The highest BCUT2D eigenvalue weighted by Gasteiger charge is 2.29. The summed E-state index contributed by atoms with van der Waals surface area (Å²) in [6.07, 6.45) is 0.895. The van der Waals surface area contributed by atoms with Crippen molar-refractivity contribution in [2.75, 3.05) is 13.7 Å². The molecule has 0 heterocycles. The maximum absolute atomic E-state index is 13.0. The van der Waals surface area contributed by atoms with Gasteiger partial charge >= 0.3 is 0 Å². The summed E-state index contributed by atoms with van der Waals surface area (Å²) in [5, 5.41) is 3.00. The Morgan fingerprint density at radius 2 is 1.68 bits per heavy atom. The average molecular weight is 383 g/mol. The molecule has 0 fully saturated rings. The van der Waals surface area contributed by atoms with E-state index in [4.69, 9.17) is 4.74 Å². The van der Waals surface area contributed by atoms with Crippen molar-refractivity contribution in [2.45, 2.75) is 39.8 Å². The summed E-state index contributed by atoms with van der Waals surface area (Å²) in [6, 6.07) is 16.3. The second-order valence-electron chi connectivity index (χ2n) is 7.28. The fourth-order valence-corrected chi connectivity index (χ4v) is 3.00. The van der Waals surface area contributed by atoms with Crippen molar-refractivity contribution < 1.29 is 14.3 Å². The van der Waals surface area contributed by atoms with Gasteiger partial charge < -0.3 is 15.0 Å². The van der Waals surface area contributed by atoms with E-state index in [1.807, 2.05) is 54.6 Å². The molecule has 2 rings (SSSR count). The van der Waals surface area contributed by atoms with E-state index in [9.17, 15) is 9.59 Å². The van der Waals surface area contributed by atoms with Crippen LogP contribution >= 0.6 is 0 Å². The number of hydrogen-bond acceptors (Lipinski definition) is 3. The monoisotopic (exact) mass is 382 g/mol. The summed E-state index contributed by atoms with van der Waals surface area (Å²) in [5.74, 6) is 0.946. The van der Waals surface area contributed by atoms with E-state index < -0.39 is 6.04 Å². The second-order valence-corrected chi connectivity index (χ2v) is 7.28. The molecule has 5 heteroatoms. The Morgan fingerprint density at radius 1 is 1.04 bits per heavy atom. The third-order valence-corrected chi connectivity index (χ3v) is 4.61. The topological polar surface area (TPSA) is 58.6 Å². The van der Waals surface area contributed by atoms with Crippen LogP contribution in [0.25, 0.3) is 0 Å². The molecule has 0 aliphatic heterocycles. The number of benzene rings is 2. The number of rotatable bonds is 9. The Balaban J connectivity index is 2.28. The molecule has 150 valence electrons. The molecular weight excluding hydrogens is 352 g/mol. The third kappa shape index (κ3) is 6.12. The molecule has 0 aromatic heterocycles. The minimum Gasteiger partial charge on any atom is -0.497 e. The van der Waals surface area contributed by atoms with Crippen LogP contribution in [0.1, 0.15) is 44.4 Å². The molecule has 0 saturated carbocycles. The van der Waals surface area contributed by atoms with Gasteiger partial charge in [0.1, 0.15) is 11.8 Å². The number of ether oxygens (including phenoxy) is 1. The molecule has 0 bridgehead atoms. The first kappa shape index (κ1) is 21.5. The van der Waals surface area contributed by atoms with Gasteiger partial charge in [-0.15, -0.1) is 0 Å². The standard InChI is InChI=1S/C23H30N2O3/c1-17(2)14-15-24-23(27)22(20-8-6-5-7-9-20)25(18(3)26)16-19-10-12-21(28-4)13-11-19/h5-13,17,22H,14-16H2,1-4H3,(H,24,27)/t22-/m0/s1. The van der Waals surface area contributed by atoms with Crippen LogP contribution in [0.5, 0.6) is 5.75 Å². The highest BCUT2D eigenvalue weighted by molar-refractivity contribution is 5.88. The molecule has 0 spiro atoms. The van der Waals surface area contributed by atoms with Gasteiger partial charge in [-0.05, 0) is 35.6 Å². The fourth-order valence-electron chi connectivity index (χ4n) is 3.00. The molecule has 2 aromatic rings. The van der Waals surface area contributed by atoms with Gasteiger partial charge in [-0.1, -0.05) is 56.3 Å². The number of hydrogen-bond donors (Lipinski definition) is 1. The van der Waals surface area contributed by atoms with Gasteiger partial charge in [-0.25, -0.2) is 0 Å². The number of nitrogens with zero attached hydrogens (tertiary/aromatic N) is 1. The van der Waals surface area contributed by atoms with Crippen LogP contribution in [0.4, 0.5) is 0 Å². The van der Waals surface area contributed by atoms with Crippen LogP contribution in [-0.2, 0) is 16.1 Å². The molecule has 0 unspecified atom stereocenters. The van der Waals surface area contributed by atoms with Crippen molar-refractivity contribution in [3.05, 3.63) is 65.7 Å². The van der Waals surface area contributed by atoms with E-state index in [0.29, 0.717) is 19.0 Å². The summed E-state index contributed by atoms with van der Waals surface area (Å²) in [7, 11) is 1.61. The molecule has 5 nitrogen and oxygen atoms in total. The molecule has 0 saturated heterocycles. The van der Waals surface area contributed by atoms with Gasteiger partial charge in [0.2, 0.25) is 11.8 Å². The molecule has 0 aliphatic carbocycles. The Labute approximate surface area is 167 Å². The van der Waals surface area contributed by atoms with Gasteiger partial charge in [0.25, 0.3) is 0 Å². The fraction of sp³-hybridized carbons (Fsp3) is 0.391. The Morgan fingerprint density at radius 3 is 2.21 bits per heavy atom. The maximum atomic E-state index is 13.0. The quantitative estimate of drug-likeness (QED) is 0.714. The Hall–Kier alpha value is -2.82. The van der Waals surface area contributed by atoms with Crippen LogP contribution in [0, 0.1) is 5.92 Å². The molecular formula is C23H30N2O3. The molecule has 1 atom stereocenters. The van der Waals surface area contributed by atoms with Gasteiger partial charge in [0.05, 0.1) is 7.11 Å². The SMILES string of the molecule is COc1ccc(CN(C(C)=O)[C@H](C(=O)NCCC(C)C)c2ccccc2)cc1. The number of methoxy groups -OCH3 is 1. The molecule has 2 aromatic carbocycles. The number of carbonyl (C=O) groups is 2. The molecule has 28 heavy (non-hydrogen) atoms. The highest BCUT2D eigenvalue weighted by atomic mass is 16.5. The lowest BCUT2D eigenvalue weighted by Crippen LogP contribution is -2.43. The lowest BCUT2D eigenvalue weighted by molar-refractivity contribution is -0.140. The maximum Gasteiger partial charge on any atom is 0.247 e. The van der Waals surface area contributed by atoms with E-state index >= 15 is 0 Å². The summed E-state index contributed by atoms with van der Waals surface area (Å²) < 4.78 is 5.20. The number of carbonyl (C=O) groups excluding carboxylic acids is 2. The van der Waals surface area contributed by atoms with Gasteiger partial charge in [0, 0.05) is 20.0 Å². The molecule has 1 N–H and O–H groups in total. The van der Waals surface area contributed by atoms with E-state index in [2.05, 4.69) is 19.2 Å². The van der Waals surface area contributed by atoms with Crippen molar-refractivity contribution in [3.8, 4) is 5.75 Å². The first-order valence-corrected chi connectivity index (χ1v) is 9.65. The van der Waals surface area contributed by atoms with Gasteiger partial charge in [-0.3, -0.25) is 9.59 Å². The van der Waals surface area contributed by atoms with Crippen LogP contribution in [0.3, 0.4) is 0 Å². The predicted molar refractivity (Wildman–Crippen MR) is 111 cm³/mol. The lowest BCUT2D eigenvalue weighted by Gasteiger charge is -2.30. The lowest BCUT2D eigenvalue weighted by atomic mass is 10.0. The van der Waals surface area contributed by atoms with E-state index in [1.54, 1.807) is 12.0 Å². The highest BCUT2D eigenvalue weighted by Crippen LogP contribution is 2.24. The first-order chi connectivity index (χ1) is 13.4. The molecule has 0 aliphatic rings. The van der Waals surface area contributed by atoms with Gasteiger partial charge in [-0.2, -0.15) is 0 Å².